The Kier molecular flexibility index (Phi) is 12.3. The molecule has 0 heterocycles. The maximum Gasteiger partial charge on any atom is 0.407 e. The molecule has 0 aliphatic heterocycles. The Balaban J connectivity index is 1.46. The predicted octanol–water partition coefficient (Wildman–Crippen LogP) is 1.35. The quantitative estimate of drug-likeness (QED) is 0.105. The smallest absolute Gasteiger partial charge is 0.407 e. The van der Waals surface area contributed by atoms with Crippen molar-refractivity contribution in [3.05, 3.63) is 89.5 Å². The van der Waals surface area contributed by atoms with E-state index in [1.54, 1.807) is 0 Å². The van der Waals surface area contributed by atoms with E-state index in [1.165, 1.54) is 31.2 Å². The number of hydrogen-bond acceptors (Lipinski definition) is 9. The van der Waals surface area contributed by atoms with E-state index in [9.17, 15) is 54.0 Å². The predicted molar refractivity (Wildman–Crippen MR) is 177 cm³/mol. The normalized spacial score (nSPS) is 14.0. The number of phenolic OH excluding ortho intramolecular Hbond substituents is 1. The number of amides is 4. The molecule has 0 saturated carbocycles. The molecule has 0 unspecified atom stereocenters. The molecule has 268 valence electrons. The van der Waals surface area contributed by atoms with Crippen LogP contribution in [-0.2, 0) is 39.9 Å². The third-order valence-corrected chi connectivity index (χ3v) is 8.08. The highest BCUT2D eigenvalue weighted by molar-refractivity contribution is 5.97. The molecule has 0 saturated heterocycles. The molecule has 51 heavy (non-hydrogen) atoms. The number of aliphatic carboxylic acids is 3. The lowest BCUT2D eigenvalue weighted by Crippen LogP contribution is -2.58. The number of carboxylic acids is 3. The molecule has 4 amide bonds. The fourth-order valence-corrected chi connectivity index (χ4v) is 5.55. The van der Waals surface area contributed by atoms with Crippen molar-refractivity contribution in [2.75, 3.05) is 6.61 Å². The number of phenols is 1. The van der Waals surface area contributed by atoms with Gasteiger partial charge in [-0.25, -0.2) is 4.79 Å². The minimum absolute atomic E-state index is 0.0878. The van der Waals surface area contributed by atoms with Crippen molar-refractivity contribution in [1.82, 2.24) is 21.3 Å². The summed E-state index contributed by atoms with van der Waals surface area (Å²) in [4.78, 5) is 87.2. The summed E-state index contributed by atoms with van der Waals surface area (Å²) in [5.41, 5.74) is 4.16. The van der Waals surface area contributed by atoms with Crippen LogP contribution < -0.4 is 21.3 Å². The summed E-state index contributed by atoms with van der Waals surface area (Å²) >= 11 is 0. The molecule has 3 aromatic carbocycles. The lowest BCUT2D eigenvalue weighted by atomic mass is 9.98. The number of fused-ring (bicyclic) bond motifs is 3. The second-order valence-corrected chi connectivity index (χ2v) is 11.8. The number of benzene rings is 3. The maximum atomic E-state index is 13.4. The molecule has 0 spiro atoms. The number of ether oxygens (including phenoxy) is 1. The maximum absolute atomic E-state index is 13.4. The average molecular weight is 705 g/mol. The van der Waals surface area contributed by atoms with Crippen molar-refractivity contribution in [1.29, 1.82) is 0 Å². The third-order valence-electron chi connectivity index (χ3n) is 8.08. The van der Waals surface area contributed by atoms with Gasteiger partial charge >= 0.3 is 24.0 Å². The molecular formula is C35H36N4O12. The van der Waals surface area contributed by atoms with E-state index in [0.29, 0.717) is 5.56 Å². The van der Waals surface area contributed by atoms with Crippen LogP contribution in [0.1, 0.15) is 42.4 Å². The lowest BCUT2D eigenvalue weighted by Gasteiger charge is -2.25. The first-order valence-electron chi connectivity index (χ1n) is 15.7. The number of rotatable bonds is 16. The van der Waals surface area contributed by atoms with Gasteiger partial charge in [0.05, 0.1) is 12.8 Å². The van der Waals surface area contributed by atoms with Gasteiger partial charge in [-0.3, -0.25) is 28.8 Å². The Bertz CT molecular complexity index is 1770. The second kappa shape index (κ2) is 16.8. The number of aromatic hydroxyl groups is 1. The van der Waals surface area contributed by atoms with E-state index < -0.39 is 78.7 Å². The molecule has 16 nitrogen and oxygen atoms in total. The van der Waals surface area contributed by atoms with E-state index in [-0.39, 0.29) is 24.7 Å². The summed E-state index contributed by atoms with van der Waals surface area (Å²) < 4.78 is 5.41. The van der Waals surface area contributed by atoms with Crippen molar-refractivity contribution in [3.63, 3.8) is 0 Å². The molecule has 0 fully saturated rings. The van der Waals surface area contributed by atoms with Gasteiger partial charge in [0.15, 0.2) is 0 Å². The van der Waals surface area contributed by atoms with Crippen LogP contribution >= 0.6 is 0 Å². The minimum atomic E-state index is -1.87. The van der Waals surface area contributed by atoms with Crippen molar-refractivity contribution in [3.8, 4) is 16.9 Å². The number of hydrogen-bond donors (Lipinski definition) is 8. The molecule has 1 aliphatic rings. The minimum Gasteiger partial charge on any atom is -0.508 e. The molecule has 0 radical (unpaired) electrons. The van der Waals surface area contributed by atoms with Gasteiger partial charge in [-0.2, -0.15) is 0 Å². The Morgan fingerprint density at radius 1 is 0.647 bits per heavy atom. The van der Waals surface area contributed by atoms with Crippen molar-refractivity contribution >= 4 is 41.7 Å². The topological polar surface area (TPSA) is 258 Å². The van der Waals surface area contributed by atoms with Crippen LogP contribution in [0.3, 0.4) is 0 Å². The molecule has 3 aromatic rings. The van der Waals surface area contributed by atoms with Crippen molar-refractivity contribution < 1.29 is 58.7 Å². The number of nitrogens with one attached hydrogen (secondary N) is 4. The first-order valence-corrected chi connectivity index (χ1v) is 15.7. The van der Waals surface area contributed by atoms with Gasteiger partial charge < -0.3 is 46.4 Å². The van der Waals surface area contributed by atoms with Crippen molar-refractivity contribution in [2.24, 2.45) is 0 Å². The average Bonchev–Trinajstić information content (AvgIpc) is 3.40. The molecule has 1 aliphatic carbocycles. The van der Waals surface area contributed by atoms with Gasteiger partial charge in [0, 0.05) is 12.3 Å². The van der Waals surface area contributed by atoms with E-state index >= 15 is 0 Å². The SMILES string of the molecule is C[C@H](NC(=O)[C@H](Cc1ccc(O)cc1)NC(=O)[C@H](CC(=O)O)NC(=O)[C@H](CC(=O)O)NC(=O)OCC1c2ccccc2-c2ccccc21)C(=O)O. The van der Waals surface area contributed by atoms with Gasteiger partial charge in [-0.05, 0) is 46.9 Å². The highest BCUT2D eigenvalue weighted by Gasteiger charge is 2.34. The Morgan fingerprint density at radius 3 is 1.63 bits per heavy atom. The van der Waals surface area contributed by atoms with Crippen LogP contribution in [0.5, 0.6) is 5.75 Å². The van der Waals surface area contributed by atoms with Crippen LogP contribution in [0.25, 0.3) is 11.1 Å². The summed E-state index contributed by atoms with van der Waals surface area (Å²) in [6.45, 7) is 1.02. The Hall–Kier alpha value is -6.45. The van der Waals surface area contributed by atoms with Crippen LogP contribution in [0, 0.1) is 0 Å². The molecule has 0 bridgehead atoms. The molecule has 8 N–H and O–H groups in total. The highest BCUT2D eigenvalue weighted by atomic mass is 16.5. The summed E-state index contributed by atoms with van der Waals surface area (Å²) in [5.74, 6) is -8.22. The zero-order chi connectivity index (χ0) is 37.2. The van der Waals surface area contributed by atoms with Gasteiger partial charge in [0.25, 0.3) is 0 Å². The summed E-state index contributed by atoms with van der Waals surface area (Å²) in [7, 11) is 0. The van der Waals surface area contributed by atoms with E-state index in [4.69, 9.17) is 4.74 Å². The molecule has 4 atom stereocenters. The van der Waals surface area contributed by atoms with Crippen LogP contribution in [-0.4, -0.2) is 92.9 Å². The summed E-state index contributed by atoms with van der Waals surface area (Å²) in [5, 5.41) is 46.6. The lowest BCUT2D eigenvalue weighted by molar-refractivity contribution is -0.143. The summed E-state index contributed by atoms with van der Waals surface area (Å²) in [6, 6.07) is 14.0. The second-order valence-electron chi connectivity index (χ2n) is 11.8. The number of carbonyl (C=O) groups is 7. The van der Waals surface area contributed by atoms with Gasteiger partial charge in [0.2, 0.25) is 17.7 Å². The fraction of sp³-hybridized carbons (Fsp3) is 0.286. The van der Waals surface area contributed by atoms with Gasteiger partial charge in [0.1, 0.15) is 36.5 Å². The Labute approximate surface area is 290 Å². The number of carbonyl (C=O) groups excluding carboxylic acids is 4. The van der Waals surface area contributed by atoms with Gasteiger partial charge in [-0.15, -0.1) is 0 Å². The number of carboxylic acid groups (broad SMARTS) is 3. The Morgan fingerprint density at radius 2 is 1.12 bits per heavy atom. The standard InChI is InChI=1S/C35H36N4O12/c1-18(34(48)49)36-31(45)26(14-19-10-12-20(40)13-11-19)37-32(46)27(15-29(41)42)38-33(47)28(16-30(43)44)39-35(50)51-17-25-23-8-4-2-6-21(23)22-7-3-5-9-24(22)25/h2-13,18,25-28,40H,14-17H2,1H3,(H,36,45)(H,37,46)(H,38,47)(H,39,50)(H,41,42)(H,43,44)(H,48,49)/t18-,26-,27-,28-/m0/s1. The van der Waals surface area contributed by atoms with Crippen LogP contribution in [0.2, 0.25) is 0 Å². The molecular weight excluding hydrogens is 668 g/mol. The third kappa shape index (κ3) is 10.0. The fourth-order valence-electron chi connectivity index (χ4n) is 5.55. The van der Waals surface area contributed by atoms with Crippen molar-refractivity contribution in [2.45, 2.75) is 56.3 Å². The molecule has 0 aromatic heterocycles. The highest BCUT2D eigenvalue weighted by Crippen LogP contribution is 2.44. The van der Waals surface area contributed by atoms with Crippen LogP contribution in [0.4, 0.5) is 4.79 Å². The first-order chi connectivity index (χ1) is 24.2. The number of alkyl carbamates (subject to hydrolysis) is 1. The largest absolute Gasteiger partial charge is 0.508 e. The molecule has 4 rings (SSSR count). The zero-order valence-corrected chi connectivity index (χ0v) is 27.2. The van der Waals surface area contributed by atoms with E-state index in [1.807, 2.05) is 48.5 Å². The zero-order valence-electron chi connectivity index (χ0n) is 27.2. The molecule has 16 heteroatoms. The first kappa shape index (κ1) is 37.4. The van der Waals surface area contributed by atoms with E-state index in [0.717, 1.165) is 22.3 Å². The summed E-state index contributed by atoms with van der Waals surface area (Å²) in [6.07, 6.45) is -3.35. The van der Waals surface area contributed by atoms with E-state index in [2.05, 4.69) is 21.3 Å². The van der Waals surface area contributed by atoms with Gasteiger partial charge in [-0.1, -0.05) is 60.7 Å². The monoisotopic (exact) mass is 704 g/mol. The van der Waals surface area contributed by atoms with Crippen LogP contribution in [0.15, 0.2) is 72.8 Å².